The summed E-state index contributed by atoms with van der Waals surface area (Å²) >= 11 is 0. The third-order valence-corrected chi connectivity index (χ3v) is 4.25. The first-order valence-electron chi connectivity index (χ1n) is 8.80. The van der Waals surface area contributed by atoms with Crippen LogP contribution < -0.4 is 4.74 Å². The maximum atomic E-state index is 10.6. The van der Waals surface area contributed by atoms with E-state index in [4.69, 9.17) is 4.74 Å². The molecule has 0 aliphatic rings. The maximum absolute atomic E-state index is 10.6. The normalized spacial score (nSPS) is 11.9. The predicted molar refractivity (Wildman–Crippen MR) is 102 cm³/mol. The molecule has 2 nitrogen and oxygen atoms in total. The van der Waals surface area contributed by atoms with E-state index in [1.807, 2.05) is 66.7 Å². The van der Waals surface area contributed by atoms with Crippen LogP contribution in [-0.2, 0) is 13.0 Å². The van der Waals surface area contributed by atoms with Crippen LogP contribution in [0.5, 0.6) is 5.75 Å². The van der Waals surface area contributed by atoms with Gasteiger partial charge in [0.2, 0.25) is 0 Å². The molecule has 1 N–H and O–H groups in total. The van der Waals surface area contributed by atoms with Crippen LogP contribution in [0.3, 0.4) is 0 Å². The zero-order valence-electron chi connectivity index (χ0n) is 14.6. The summed E-state index contributed by atoms with van der Waals surface area (Å²) in [6, 6.07) is 26.0. The van der Waals surface area contributed by atoms with E-state index in [1.54, 1.807) is 0 Å². The molecule has 0 saturated heterocycles. The lowest BCUT2D eigenvalue weighted by Gasteiger charge is -2.14. The van der Waals surface area contributed by atoms with E-state index in [-0.39, 0.29) is 0 Å². The van der Waals surface area contributed by atoms with Crippen LogP contribution >= 0.6 is 0 Å². The van der Waals surface area contributed by atoms with Crippen molar-refractivity contribution >= 4 is 0 Å². The summed E-state index contributed by atoms with van der Waals surface area (Å²) in [5.41, 5.74) is 4.21. The Kier molecular flexibility index (Phi) is 5.86. The average molecular weight is 332 g/mol. The molecule has 2 heteroatoms. The first-order chi connectivity index (χ1) is 12.3. The Morgan fingerprint density at radius 3 is 2.24 bits per heavy atom. The molecule has 1 atom stereocenters. The lowest BCUT2D eigenvalue weighted by atomic mass is 9.98. The molecular weight excluding hydrogens is 308 g/mol. The highest BCUT2D eigenvalue weighted by Gasteiger charge is 2.11. The lowest BCUT2D eigenvalue weighted by molar-refractivity contribution is 0.220. The quantitative estimate of drug-likeness (QED) is 0.636. The van der Waals surface area contributed by atoms with Crippen LogP contribution in [0.25, 0.3) is 0 Å². The molecule has 0 saturated carbocycles. The molecule has 3 aromatic carbocycles. The Balaban J connectivity index is 1.66. The van der Waals surface area contributed by atoms with E-state index < -0.39 is 6.10 Å². The van der Waals surface area contributed by atoms with Crippen molar-refractivity contribution < 1.29 is 9.84 Å². The summed E-state index contributed by atoms with van der Waals surface area (Å²) in [4.78, 5) is 0. The average Bonchev–Trinajstić information content (AvgIpc) is 2.67. The summed E-state index contributed by atoms with van der Waals surface area (Å²) in [7, 11) is 0. The smallest absolute Gasteiger partial charge is 0.119 e. The Hall–Kier alpha value is -2.58. The van der Waals surface area contributed by atoms with Gasteiger partial charge in [-0.05, 0) is 40.8 Å². The monoisotopic (exact) mass is 332 g/mol. The van der Waals surface area contributed by atoms with Crippen molar-refractivity contribution in [1.29, 1.82) is 0 Å². The minimum absolute atomic E-state index is 0.543. The van der Waals surface area contributed by atoms with Gasteiger partial charge in [0.15, 0.2) is 0 Å². The van der Waals surface area contributed by atoms with Crippen LogP contribution in [-0.4, -0.2) is 5.11 Å². The van der Waals surface area contributed by atoms with Crippen molar-refractivity contribution in [2.75, 3.05) is 0 Å². The van der Waals surface area contributed by atoms with Gasteiger partial charge in [-0.2, -0.15) is 0 Å². The fraction of sp³-hybridized carbons (Fsp3) is 0.217. The van der Waals surface area contributed by atoms with E-state index in [2.05, 4.69) is 19.1 Å². The van der Waals surface area contributed by atoms with E-state index in [9.17, 15) is 5.11 Å². The van der Waals surface area contributed by atoms with Crippen LogP contribution in [0.1, 0.15) is 41.7 Å². The van der Waals surface area contributed by atoms with Gasteiger partial charge in [0.25, 0.3) is 0 Å². The molecule has 0 fully saturated rings. The van der Waals surface area contributed by atoms with Crippen LogP contribution in [0.15, 0.2) is 78.9 Å². The van der Waals surface area contributed by atoms with Gasteiger partial charge in [-0.15, -0.1) is 0 Å². The first-order valence-corrected chi connectivity index (χ1v) is 8.80. The van der Waals surface area contributed by atoms with Gasteiger partial charge in [-0.1, -0.05) is 80.1 Å². The number of aryl methyl sites for hydroxylation is 1. The lowest BCUT2D eigenvalue weighted by Crippen LogP contribution is -2.01. The molecular formula is C23H24O2. The summed E-state index contributed by atoms with van der Waals surface area (Å²) < 4.78 is 5.80. The van der Waals surface area contributed by atoms with Crippen LogP contribution in [0.2, 0.25) is 0 Å². The maximum Gasteiger partial charge on any atom is 0.119 e. The number of rotatable bonds is 7. The highest BCUT2D eigenvalue weighted by molar-refractivity contribution is 5.35. The molecule has 0 aliphatic carbocycles. The number of hydrogen-bond acceptors (Lipinski definition) is 2. The number of aliphatic hydroxyl groups is 1. The Morgan fingerprint density at radius 2 is 1.52 bits per heavy atom. The third kappa shape index (κ3) is 4.71. The van der Waals surface area contributed by atoms with Crippen molar-refractivity contribution in [2.45, 2.75) is 32.5 Å². The molecule has 1 unspecified atom stereocenters. The summed E-state index contributed by atoms with van der Waals surface area (Å²) in [5, 5.41) is 10.6. The molecule has 0 aromatic heterocycles. The minimum Gasteiger partial charge on any atom is -0.489 e. The fourth-order valence-corrected chi connectivity index (χ4v) is 2.89. The van der Waals surface area contributed by atoms with Gasteiger partial charge in [0, 0.05) is 0 Å². The van der Waals surface area contributed by atoms with Crippen molar-refractivity contribution in [3.05, 3.63) is 101 Å². The van der Waals surface area contributed by atoms with Crippen LogP contribution in [0.4, 0.5) is 0 Å². The molecule has 25 heavy (non-hydrogen) atoms. The third-order valence-electron chi connectivity index (χ3n) is 4.25. The van der Waals surface area contributed by atoms with Crippen molar-refractivity contribution in [3.8, 4) is 5.75 Å². The van der Waals surface area contributed by atoms with Crippen molar-refractivity contribution in [3.63, 3.8) is 0 Å². The van der Waals surface area contributed by atoms with Gasteiger partial charge >= 0.3 is 0 Å². The zero-order chi connectivity index (χ0) is 17.5. The molecule has 0 bridgehead atoms. The molecule has 3 rings (SSSR count). The molecule has 0 aliphatic heterocycles. The van der Waals surface area contributed by atoms with Crippen LogP contribution in [0, 0.1) is 0 Å². The Bertz CT molecular complexity index is 779. The predicted octanol–water partition coefficient (Wildman–Crippen LogP) is 5.30. The Labute approximate surface area is 149 Å². The molecule has 128 valence electrons. The fourth-order valence-electron chi connectivity index (χ4n) is 2.89. The second-order valence-electron chi connectivity index (χ2n) is 6.24. The van der Waals surface area contributed by atoms with E-state index in [1.165, 1.54) is 5.56 Å². The van der Waals surface area contributed by atoms with E-state index in [0.29, 0.717) is 6.61 Å². The number of ether oxygens (including phenoxy) is 1. The largest absolute Gasteiger partial charge is 0.489 e. The van der Waals surface area contributed by atoms with Gasteiger partial charge < -0.3 is 9.84 Å². The minimum atomic E-state index is -0.611. The zero-order valence-corrected chi connectivity index (χ0v) is 14.6. The first kappa shape index (κ1) is 17.2. The second kappa shape index (κ2) is 8.50. The molecule has 0 amide bonds. The Morgan fingerprint density at radius 1 is 0.800 bits per heavy atom. The van der Waals surface area contributed by atoms with Gasteiger partial charge in [-0.3, -0.25) is 0 Å². The summed E-state index contributed by atoms with van der Waals surface area (Å²) in [6.07, 6.45) is 1.53. The SMILES string of the molecule is CCCc1cccc(C(O)c2ccc(OCc3ccccc3)cc2)c1. The second-order valence-corrected chi connectivity index (χ2v) is 6.24. The molecule has 0 spiro atoms. The van der Waals surface area contributed by atoms with Gasteiger partial charge in [0.1, 0.15) is 18.5 Å². The molecule has 0 radical (unpaired) electrons. The van der Waals surface area contributed by atoms with E-state index >= 15 is 0 Å². The van der Waals surface area contributed by atoms with Crippen molar-refractivity contribution in [1.82, 2.24) is 0 Å². The standard InChI is InChI=1S/C23H24O2/c1-2-7-18-10-6-11-21(16-18)23(24)20-12-14-22(15-13-20)25-17-19-8-4-3-5-9-19/h3-6,8-16,23-24H,2,7,17H2,1H3. The van der Waals surface area contributed by atoms with Crippen molar-refractivity contribution in [2.24, 2.45) is 0 Å². The highest BCUT2D eigenvalue weighted by Crippen LogP contribution is 2.25. The van der Waals surface area contributed by atoms with E-state index in [0.717, 1.165) is 35.3 Å². The highest BCUT2D eigenvalue weighted by atomic mass is 16.5. The molecule has 0 heterocycles. The topological polar surface area (TPSA) is 29.5 Å². The number of hydrogen-bond donors (Lipinski definition) is 1. The summed E-state index contributed by atoms with van der Waals surface area (Å²) in [5.74, 6) is 0.805. The van der Waals surface area contributed by atoms with Gasteiger partial charge in [-0.25, -0.2) is 0 Å². The summed E-state index contributed by atoms with van der Waals surface area (Å²) in [6.45, 7) is 2.71. The number of benzene rings is 3. The molecule has 3 aromatic rings. The number of aliphatic hydroxyl groups excluding tert-OH is 1. The van der Waals surface area contributed by atoms with Gasteiger partial charge in [0.05, 0.1) is 0 Å².